The number of fused-ring (bicyclic) bond motifs is 1. The van der Waals surface area contributed by atoms with Crippen LogP contribution in [0.3, 0.4) is 0 Å². The Kier molecular flexibility index (Phi) is 4.05. The van der Waals surface area contributed by atoms with Gasteiger partial charge in [-0.1, -0.05) is 0 Å². The number of aliphatic hydroxyl groups excluding tert-OH is 1. The van der Waals surface area contributed by atoms with Crippen LogP contribution in [-0.4, -0.2) is 63.7 Å². The minimum atomic E-state index is -0.833. The molecule has 2 saturated heterocycles. The summed E-state index contributed by atoms with van der Waals surface area (Å²) in [6.45, 7) is 5.09. The molecule has 0 amide bonds. The lowest BCUT2D eigenvalue weighted by Crippen LogP contribution is -2.31. The van der Waals surface area contributed by atoms with E-state index in [0.717, 1.165) is 0 Å². The van der Waals surface area contributed by atoms with Crippen molar-refractivity contribution in [1.29, 1.82) is 0 Å². The highest BCUT2D eigenvalue weighted by Crippen LogP contribution is 2.46. The molecule has 9 heteroatoms. The van der Waals surface area contributed by atoms with Crippen molar-refractivity contribution in [2.45, 2.75) is 51.0 Å². The molecule has 23 heavy (non-hydrogen) atoms. The molecule has 4 atom stereocenters. The van der Waals surface area contributed by atoms with E-state index in [0.29, 0.717) is 0 Å². The fourth-order valence-corrected chi connectivity index (χ4v) is 2.94. The molecule has 0 saturated carbocycles. The Hall–Kier alpha value is -1.68. The van der Waals surface area contributed by atoms with Crippen LogP contribution in [0.5, 0.6) is 5.75 Å². The molecule has 1 aromatic heterocycles. The number of aromatic nitrogens is 2. The van der Waals surface area contributed by atoms with E-state index in [2.05, 4.69) is 10.2 Å². The van der Waals surface area contributed by atoms with Crippen molar-refractivity contribution < 1.29 is 34.0 Å². The number of nitrogens with zero attached hydrogens (tertiary/aromatic N) is 1. The quantitative estimate of drug-likeness (QED) is 0.672. The SMILES string of the molecule is CCOC(=O)c1[nH]nc([C@H]2O[C@H](CO)[C@H]3OC(C)(C)O[C@H]32)c1O. The Bertz CT molecular complexity index is 600. The average molecular weight is 328 g/mol. The second kappa shape index (κ2) is 5.75. The van der Waals surface area contributed by atoms with Gasteiger partial charge in [-0.05, 0) is 20.8 Å². The molecule has 0 aliphatic carbocycles. The van der Waals surface area contributed by atoms with Crippen molar-refractivity contribution in [3.63, 3.8) is 0 Å². The predicted molar refractivity (Wildman–Crippen MR) is 74.7 cm³/mol. The van der Waals surface area contributed by atoms with Crippen LogP contribution in [-0.2, 0) is 18.9 Å². The molecule has 0 unspecified atom stereocenters. The third-order valence-corrected chi connectivity index (χ3v) is 3.85. The molecular weight excluding hydrogens is 308 g/mol. The molecule has 0 spiro atoms. The van der Waals surface area contributed by atoms with Gasteiger partial charge in [0.05, 0.1) is 13.2 Å². The van der Waals surface area contributed by atoms with Crippen molar-refractivity contribution in [3.05, 3.63) is 11.4 Å². The monoisotopic (exact) mass is 328 g/mol. The smallest absolute Gasteiger partial charge is 0.360 e. The van der Waals surface area contributed by atoms with E-state index in [-0.39, 0.29) is 30.4 Å². The Balaban J connectivity index is 1.89. The van der Waals surface area contributed by atoms with Gasteiger partial charge in [-0.2, -0.15) is 5.10 Å². The van der Waals surface area contributed by atoms with E-state index in [1.807, 2.05) is 0 Å². The lowest BCUT2D eigenvalue weighted by Gasteiger charge is -2.22. The fraction of sp³-hybridized carbons (Fsp3) is 0.714. The van der Waals surface area contributed by atoms with Crippen LogP contribution in [0.15, 0.2) is 0 Å². The third-order valence-electron chi connectivity index (χ3n) is 3.85. The summed E-state index contributed by atoms with van der Waals surface area (Å²) in [6.07, 6.45) is -2.40. The number of carbonyl (C=O) groups is 1. The number of ether oxygens (including phenoxy) is 4. The number of aromatic hydroxyl groups is 1. The number of aromatic amines is 1. The number of hydrogen-bond acceptors (Lipinski definition) is 8. The summed E-state index contributed by atoms with van der Waals surface area (Å²) >= 11 is 0. The molecule has 3 rings (SSSR count). The van der Waals surface area contributed by atoms with E-state index in [1.165, 1.54) is 0 Å². The second-order valence-corrected chi connectivity index (χ2v) is 5.90. The average Bonchev–Trinajstić information content (AvgIpc) is 3.10. The standard InChI is InChI=1S/C14H20N2O7/c1-4-20-13(19)8-9(18)7(15-16-8)11-12-10(6(5-17)21-11)22-14(2,3)23-12/h6,10-12,17-18H,4-5H2,1-3H3,(H,15,16)/t6-,10-,11-,12-/m1/s1. The van der Waals surface area contributed by atoms with Gasteiger partial charge in [-0.15, -0.1) is 0 Å². The van der Waals surface area contributed by atoms with Crippen molar-refractivity contribution >= 4 is 5.97 Å². The van der Waals surface area contributed by atoms with Gasteiger partial charge in [0.2, 0.25) is 0 Å². The summed E-state index contributed by atoms with van der Waals surface area (Å²) in [5, 5.41) is 26.1. The second-order valence-electron chi connectivity index (χ2n) is 5.90. The molecule has 1 aromatic rings. The first-order valence-electron chi connectivity index (χ1n) is 7.44. The zero-order chi connectivity index (χ0) is 16.8. The molecule has 128 valence electrons. The minimum absolute atomic E-state index is 0.125. The molecule has 0 radical (unpaired) electrons. The van der Waals surface area contributed by atoms with E-state index in [9.17, 15) is 15.0 Å². The Morgan fingerprint density at radius 2 is 2.09 bits per heavy atom. The van der Waals surface area contributed by atoms with Crippen LogP contribution in [0.4, 0.5) is 0 Å². The molecule has 2 fully saturated rings. The number of H-pyrrole nitrogens is 1. The fourth-order valence-electron chi connectivity index (χ4n) is 2.94. The zero-order valence-corrected chi connectivity index (χ0v) is 13.1. The Labute approximate surface area is 132 Å². The van der Waals surface area contributed by atoms with Crippen LogP contribution in [0, 0.1) is 0 Å². The number of nitrogens with one attached hydrogen (secondary N) is 1. The number of carbonyl (C=O) groups excluding carboxylic acids is 1. The van der Waals surface area contributed by atoms with Crippen LogP contribution >= 0.6 is 0 Å². The predicted octanol–water partition coefficient (Wildman–Crippen LogP) is 0.244. The van der Waals surface area contributed by atoms with E-state index in [1.54, 1.807) is 20.8 Å². The van der Waals surface area contributed by atoms with Gasteiger partial charge < -0.3 is 29.2 Å². The Morgan fingerprint density at radius 3 is 2.74 bits per heavy atom. The summed E-state index contributed by atoms with van der Waals surface area (Å²) in [5.74, 6) is -1.89. The summed E-state index contributed by atoms with van der Waals surface area (Å²) in [5.41, 5.74) is -0.0204. The molecular formula is C14H20N2O7. The van der Waals surface area contributed by atoms with Crippen LogP contribution < -0.4 is 0 Å². The van der Waals surface area contributed by atoms with Gasteiger partial charge in [0.15, 0.2) is 17.2 Å². The summed E-state index contributed by atoms with van der Waals surface area (Å²) in [4.78, 5) is 11.8. The maximum atomic E-state index is 11.8. The molecule has 2 aliphatic rings. The maximum absolute atomic E-state index is 11.8. The highest BCUT2D eigenvalue weighted by molar-refractivity contribution is 5.90. The first kappa shape index (κ1) is 16.2. The lowest BCUT2D eigenvalue weighted by molar-refractivity contribution is -0.191. The van der Waals surface area contributed by atoms with Crippen molar-refractivity contribution in [3.8, 4) is 5.75 Å². The number of hydrogen-bond donors (Lipinski definition) is 3. The number of rotatable bonds is 4. The van der Waals surface area contributed by atoms with Crippen molar-refractivity contribution in [1.82, 2.24) is 10.2 Å². The number of aliphatic hydroxyl groups is 1. The summed E-state index contributed by atoms with van der Waals surface area (Å²) < 4.78 is 22.1. The third kappa shape index (κ3) is 2.69. The van der Waals surface area contributed by atoms with Gasteiger partial charge in [0.1, 0.15) is 30.1 Å². The van der Waals surface area contributed by atoms with Gasteiger partial charge in [-0.3, -0.25) is 5.10 Å². The van der Waals surface area contributed by atoms with Gasteiger partial charge in [0.25, 0.3) is 0 Å². The highest BCUT2D eigenvalue weighted by Gasteiger charge is 2.56. The molecule has 0 bridgehead atoms. The first-order chi connectivity index (χ1) is 10.9. The van der Waals surface area contributed by atoms with Crippen LogP contribution in [0.25, 0.3) is 0 Å². The van der Waals surface area contributed by atoms with Crippen LogP contribution in [0.1, 0.15) is 43.1 Å². The topological polar surface area (TPSA) is 123 Å². The van der Waals surface area contributed by atoms with E-state index >= 15 is 0 Å². The highest BCUT2D eigenvalue weighted by atomic mass is 16.8. The van der Waals surface area contributed by atoms with Crippen LogP contribution in [0.2, 0.25) is 0 Å². The maximum Gasteiger partial charge on any atom is 0.360 e. The van der Waals surface area contributed by atoms with Gasteiger partial charge in [0, 0.05) is 0 Å². The minimum Gasteiger partial charge on any atom is -0.504 e. The first-order valence-corrected chi connectivity index (χ1v) is 7.44. The largest absolute Gasteiger partial charge is 0.504 e. The number of esters is 1. The summed E-state index contributed by atoms with van der Waals surface area (Å²) in [6, 6.07) is 0. The van der Waals surface area contributed by atoms with Gasteiger partial charge >= 0.3 is 5.97 Å². The Morgan fingerprint density at radius 1 is 1.39 bits per heavy atom. The zero-order valence-electron chi connectivity index (χ0n) is 13.1. The van der Waals surface area contributed by atoms with Gasteiger partial charge in [-0.25, -0.2) is 4.79 Å². The molecule has 3 N–H and O–H groups in total. The van der Waals surface area contributed by atoms with E-state index in [4.69, 9.17) is 18.9 Å². The van der Waals surface area contributed by atoms with E-state index < -0.39 is 36.2 Å². The molecule has 3 heterocycles. The molecule has 0 aromatic carbocycles. The van der Waals surface area contributed by atoms with Crippen molar-refractivity contribution in [2.24, 2.45) is 0 Å². The van der Waals surface area contributed by atoms with Crippen molar-refractivity contribution in [2.75, 3.05) is 13.2 Å². The lowest BCUT2D eigenvalue weighted by atomic mass is 10.1. The molecule has 9 nitrogen and oxygen atoms in total. The summed E-state index contributed by atoms with van der Waals surface area (Å²) in [7, 11) is 0. The normalized spacial score (nSPS) is 32.0. The molecule has 2 aliphatic heterocycles.